The van der Waals surface area contributed by atoms with Gasteiger partial charge < -0.3 is 4.90 Å². The van der Waals surface area contributed by atoms with Crippen LogP contribution in [-0.4, -0.2) is 57.7 Å². The highest BCUT2D eigenvalue weighted by Crippen LogP contribution is 2.26. The van der Waals surface area contributed by atoms with Gasteiger partial charge >= 0.3 is 0 Å². The maximum Gasteiger partial charge on any atom is 0.274 e. The average Bonchev–Trinajstić information content (AvgIpc) is 3.08. The Morgan fingerprint density at radius 1 is 1.00 bits per heavy atom. The minimum absolute atomic E-state index is 0.0926. The summed E-state index contributed by atoms with van der Waals surface area (Å²) in [6.07, 6.45) is 2.21. The van der Waals surface area contributed by atoms with Crippen LogP contribution in [0.3, 0.4) is 0 Å². The number of aryl methyl sites for hydroxylation is 1. The molecule has 1 amide bonds. The van der Waals surface area contributed by atoms with Crippen LogP contribution in [0.4, 0.5) is 0 Å². The van der Waals surface area contributed by atoms with Crippen molar-refractivity contribution in [1.29, 1.82) is 0 Å². The largest absolute Gasteiger partial charge is 0.335 e. The van der Waals surface area contributed by atoms with Gasteiger partial charge in [0.2, 0.25) is 0 Å². The average molecular weight is 338 g/mol. The molecule has 0 unspecified atom stereocenters. The van der Waals surface area contributed by atoms with Crippen LogP contribution in [0.2, 0.25) is 0 Å². The fourth-order valence-corrected chi connectivity index (χ4v) is 3.86. The lowest BCUT2D eigenvalue weighted by molar-refractivity contribution is 0.0568. The van der Waals surface area contributed by atoms with Gasteiger partial charge in [0.15, 0.2) is 0 Å². The SMILES string of the molecule is Cn1nc(C(=O)N2CCN(C3Cc4ccccc4C3)CC2)ccc1=O. The molecule has 2 aliphatic rings. The van der Waals surface area contributed by atoms with Crippen molar-refractivity contribution < 1.29 is 4.79 Å². The summed E-state index contributed by atoms with van der Waals surface area (Å²) in [5.41, 5.74) is 3.05. The predicted octanol–water partition coefficient (Wildman–Crippen LogP) is 0.705. The molecule has 2 aromatic rings. The summed E-state index contributed by atoms with van der Waals surface area (Å²) in [7, 11) is 1.56. The van der Waals surface area contributed by atoms with E-state index >= 15 is 0 Å². The number of benzene rings is 1. The quantitative estimate of drug-likeness (QED) is 0.809. The van der Waals surface area contributed by atoms with Crippen LogP contribution in [0.1, 0.15) is 21.6 Å². The van der Waals surface area contributed by atoms with Gasteiger partial charge in [-0.05, 0) is 30.0 Å². The van der Waals surface area contributed by atoms with Crippen molar-refractivity contribution in [2.45, 2.75) is 18.9 Å². The predicted molar refractivity (Wildman–Crippen MR) is 94.6 cm³/mol. The van der Waals surface area contributed by atoms with E-state index in [9.17, 15) is 9.59 Å². The standard InChI is InChI=1S/C19H22N4O2/c1-21-18(24)7-6-17(20-21)19(25)23-10-8-22(9-11-23)16-12-14-4-2-3-5-15(14)13-16/h2-7,16H,8-13H2,1H3. The van der Waals surface area contributed by atoms with E-state index in [4.69, 9.17) is 0 Å². The summed E-state index contributed by atoms with van der Waals surface area (Å²) in [5.74, 6) is -0.0926. The third kappa shape index (κ3) is 3.09. The molecule has 25 heavy (non-hydrogen) atoms. The molecule has 4 rings (SSSR count). The lowest BCUT2D eigenvalue weighted by Gasteiger charge is -2.37. The summed E-state index contributed by atoms with van der Waals surface area (Å²) in [6.45, 7) is 3.18. The van der Waals surface area contributed by atoms with E-state index in [1.54, 1.807) is 7.05 Å². The molecular formula is C19H22N4O2. The molecule has 1 aromatic carbocycles. The molecule has 1 aliphatic carbocycles. The highest BCUT2D eigenvalue weighted by atomic mass is 16.2. The van der Waals surface area contributed by atoms with Crippen LogP contribution >= 0.6 is 0 Å². The zero-order valence-corrected chi connectivity index (χ0v) is 14.4. The van der Waals surface area contributed by atoms with Gasteiger partial charge in [-0.1, -0.05) is 24.3 Å². The lowest BCUT2D eigenvalue weighted by Crippen LogP contribution is -2.52. The summed E-state index contributed by atoms with van der Waals surface area (Å²) in [5, 5.41) is 4.07. The molecule has 0 radical (unpaired) electrons. The van der Waals surface area contributed by atoms with Crippen LogP contribution in [0.15, 0.2) is 41.2 Å². The van der Waals surface area contributed by atoms with Gasteiger partial charge in [0.05, 0.1) is 0 Å². The number of aromatic nitrogens is 2. The molecule has 6 nitrogen and oxygen atoms in total. The third-order valence-corrected chi connectivity index (χ3v) is 5.33. The highest BCUT2D eigenvalue weighted by Gasteiger charge is 2.30. The van der Waals surface area contributed by atoms with Gasteiger partial charge in [0.1, 0.15) is 5.69 Å². The van der Waals surface area contributed by atoms with E-state index in [0.717, 1.165) is 25.9 Å². The second-order valence-electron chi connectivity index (χ2n) is 6.84. The molecule has 0 atom stereocenters. The Kier molecular flexibility index (Phi) is 4.13. The Hall–Kier alpha value is -2.47. The van der Waals surface area contributed by atoms with Gasteiger partial charge in [0.25, 0.3) is 11.5 Å². The summed E-state index contributed by atoms with van der Waals surface area (Å²) >= 11 is 0. The monoisotopic (exact) mass is 338 g/mol. The number of piperazine rings is 1. The smallest absolute Gasteiger partial charge is 0.274 e. The first-order valence-corrected chi connectivity index (χ1v) is 8.76. The number of amides is 1. The highest BCUT2D eigenvalue weighted by molar-refractivity contribution is 5.92. The Balaban J connectivity index is 1.38. The van der Waals surface area contributed by atoms with Gasteiger partial charge in [-0.2, -0.15) is 5.10 Å². The Morgan fingerprint density at radius 3 is 2.24 bits per heavy atom. The van der Waals surface area contributed by atoms with Crippen LogP contribution in [0.5, 0.6) is 0 Å². The number of nitrogens with zero attached hydrogens (tertiary/aromatic N) is 4. The van der Waals surface area contributed by atoms with Crippen LogP contribution in [-0.2, 0) is 19.9 Å². The molecule has 130 valence electrons. The van der Waals surface area contributed by atoms with E-state index in [1.807, 2.05) is 4.90 Å². The molecule has 0 bridgehead atoms. The Labute approximate surface area is 146 Å². The third-order valence-electron chi connectivity index (χ3n) is 5.33. The zero-order chi connectivity index (χ0) is 17.4. The fourth-order valence-electron chi connectivity index (χ4n) is 3.86. The second kappa shape index (κ2) is 6.44. The van der Waals surface area contributed by atoms with Crippen LogP contribution in [0, 0.1) is 0 Å². The number of carbonyl (C=O) groups is 1. The Morgan fingerprint density at radius 2 is 1.64 bits per heavy atom. The molecule has 0 spiro atoms. The topological polar surface area (TPSA) is 58.4 Å². The van der Waals surface area contributed by atoms with Crippen LogP contribution < -0.4 is 5.56 Å². The molecule has 1 aliphatic heterocycles. The number of rotatable bonds is 2. The molecule has 0 saturated carbocycles. The maximum absolute atomic E-state index is 12.6. The lowest BCUT2D eigenvalue weighted by atomic mass is 10.1. The molecule has 2 heterocycles. The van der Waals surface area contributed by atoms with Crippen molar-refractivity contribution in [2.24, 2.45) is 7.05 Å². The number of carbonyl (C=O) groups excluding carboxylic acids is 1. The van der Waals surface area contributed by atoms with E-state index < -0.39 is 0 Å². The normalized spacial score (nSPS) is 18.4. The first-order chi connectivity index (χ1) is 12.1. The van der Waals surface area contributed by atoms with Crippen molar-refractivity contribution in [3.63, 3.8) is 0 Å². The molecule has 1 saturated heterocycles. The summed E-state index contributed by atoms with van der Waals surface area (Å²) in [4.78, 5) is 28.4. The van der Waals surface area contributed by atoms with Gasteiger partial charge in [-0.15, -0.1) is 0 Å². The first-order valence-electron chi connectivity index (χ1n) is 8.76. The second-order valence-corrected chi connectivity index (χ2v) is 6.84. The number of hydrogen-bond donors (Lipinski definition) is 0. The van der Waals surface area contributed by atoms with Crippen molar-refractivity contribution in [1.82, 2.24) is 19.6 Å². The van der Waals surface area contributed by atoms with E-state index in [1.165, 1.54) is 27.9 Å². The molecule has 6 heteroatoms. The summed E-state index contributed by atoms with van der Waals surface area (Å²) < 4.78 is 1.21. The van der Waals surface area contributed by atoms with Crippen molar-refractivity contribution >= 4 is 5.91 Å². The van der Waals surface area contributed by atoms with Gasteiger partial charge in [0, 0.05) is 45.3 Å². The zero-order valence-electron chi connectivity index (χ0n) is 14.4. The van der Waals surface area contributed by atoms with E-state index in [2.05, 4.69) is 34.3 Å². The minimum atomic E-state index is -0.206. The van der Waals surface area contributed by atoms with E-state index in [-0.39, 0.29) is 11.5 Å². The fraction of sp³-hybridized carbons (Fsp3) is 0.421. The molecule has 1 aromatic heterocycles. The maximum atomic E-state index is 12.6. The van der Waals surface area contributed by atoms with Gasteiger partial charge in [-0.3, -0.25) is 14.5 Å². The van der Waals surface area contributed by atoms with Crippen LogP contribution in [0.25, 0.3) is 0 Å². The van der Waals surface area contributed by atoms with Crippen molar-refractivity contribution in [2.75, 3.05) is 26.2 Å². The summed E-state index contributed by atoms with van der Waals surface area (Å²) in [6, 6.07) is 12.1. The molecule has 0 N–H and O–H groups in total. The number of hydrogen-bond acceptors (Lipinski definition) is 4. The first kappa shape index (κ1) is 16.0. The molecule has 1 fully saturated rings. The number of fused-ring (bicyclic) bond motifs is 1. The Bertz CT molecular complexity index is 827. The van der Waals surface area contributed by atoms with E-state index in [0.29, 0.717) is 24.8 Å². The van der Waals surface area contributed by atoms with Gasteiger partial charge in [-0.25, -0.2) is 4.68 Å². The van der Waals surface area contributed by atoms with Crippen molar-refractivity contribution in [3.8, 4) is 0 Å². The van der Waals surface area contributed by atoms with Crippen molar-refractivity contribution in [3.05, 3.63) is 63.6 Å². The molecular weight excluding hydrogens is 316 g/mol. The minimum Gasteiger partial charge on any atom is -0.335 e.